The van der Waals surface area contributed by atoms with E-state index in [-0.39, 0.29) is 0 Å². The third-order valence-electron chi connectivity index (χ3n) is 4.16. The van der Waals surface area contributed by atoms with E-state index in [2.05, 4.69) is 48.5 Å². The Bertz CT molecular complexity index is 1080. The van der Waals surface area contributed by atoms with Crippen molar-refractivity contribution < 1.29 is 0 Å². The number of fused-ring (bicyclic) bond motifs is 3. The number of hydrogen-bond acceptors (Lipinski definition) is 3. The van der Waals surface area contributed by atoms with Gasteiger partial charge in [0.2, 0.25) is 0 Å². The Balaban J connectivity index is 2.05. The predicted octanol–water partition coefficient (Wildman–Crippen LogP) is 5.56. The molecule has 1 aromatic heterocycles. The molecular formula is C21H16N2S. The maximum absolute atomic E-state index is 8.24. The lowest BCUT2D eigenvalue weighted by Crippen LogP contribution is -1.95. The van der Waals surface area contributed by atoms with Crippen LogP contribution in [-0.4, -0.2) is 5.71 Å². The van der Waals surface area contributed by atoms with Crippen LogP contribution >= 0.6 is 11.3 Å². The highest BCUT2D eigenvalue weighted by atomic mass is 32.1. The molecule has 0 aliphatic heterocycles. The molecular weight excluding hydrogens is 312 g/mol. The fraction of sp³-hybridized carbons (Fsp3) is 0. The molecule has 3 heteroatoms. The number of hydrogen-bond donors (Lipinski definition) is 2. The topological polar surface area (TPSA) is 49.9 Å². The van der Waals surface area contributed by atoms with E-state index >= 15 is 0 Å². The largest absolute Gasteiger partial charge is 0.405 e. The van der Waals surface area contributed by atoms with Crippen LogP contribution in [0, 0.1) is 5.41 Å². The van der Waals surface area contributed by atoms with E-state index in [0.717, 1.165) is 10.3 Å². The van der Waals surface area contributed by atoms with Gasteiger partial charge in [-0.3, -0.25) is 0 Å². The van der Waals surface area contributed by atoms with Crippen LogP contribution in [0.3, 0.4) is 0 Å². The van der Waals surface area contributed by atoms with Crippen molar-refractivity contribution >= 4 is 37.2 Å². The van der Waals surface area contributed by atoms with Gasteiger partial charge in [-0.05, 0) is 23.4 Å². The Kier molecular flexibility index (Phi) is 3.63. The summed E-state index contributed by atoms with van der Waals surface area (Å²) in [5, 5.41) is 10.7. The smallest absolute Gasteiger partial charge is 0.0640 e. The van der Waals surface area contributed by atoms with Gasteiger partial charge in [0.15, 0.2) is 0 Å². The van der Waals surface area contributed by atoms with Crippen molar-refractivity contribution in [2.24, 2.45) is 5.73 Å². The summed E-state index contributed by atoms with van der Waals surface area (Å²) in [4.78, 5) is 0. The molecule has 0 amide bonds. The molecule has 4 aromatic rings. The van der Waals surface area contributed by atoms with E-state index in [0.29, 0.717) is 5.71 Å². The molecule has 1 heterocycles. The van der Waals surface area contributed by atoms with Crippen molar-refractivity contribution in [3.63, 3.8) is 0 Å². The average Bonchev–Trinajstić information content (AvgIpc) is 3.01. The Morgan fingerprint density at radius 3 is 2.29 bits per heavy atom. The summed E-state index contributed by atoms with van der Waals surface area (Å²) in [6.07, 6.45) is 3.06. The van der Waals surface area contributed by atoms with Crippen LogP contribution in [0.15, 0.2) is 79.0 Å². The molecule has 0 radical (unpaired) electrons. The first kappa shape index (κ1) is 14.7. The lowest BCUT2D eigenvalue weighted by molar-refractivity contribution is 1.50. The molecule has 0 unspecified atom stereocenters. The van der Waals surface area contributed by atoms with Crippen LogP contribution in [0.4, 0.5) is 0 Å². The monoisotopic (exact) mass is 328 g/mol. The summed E-state index contributed by atoms with van der Waals surface area (Å²) in [6, 6.07) is 23.0. The number of nitrogens with one attached hydrogen (secondary N) is 1. The number of allylic oxidation sites excluding steroid dienone is 1. The van der Waals surface area contributed by atoms with Crippen LogP contribution in [-0.2, 0) is 0 Å². The van der Waals surface area contributed by atoms with Crippen molar-refractivity contribution in [2.45, 2.75) is 0 Å². The summed E-state index contributed by atoms with van der Waals surface area (Å²) in [7, 11) is 0. The van der Waals surface area contributed by atoms with Gasteiger partial charge in [0.25, 0.3) is 0 Å². The number of thiophene rings is 1. The van der Waals surface area contributed by atoms with Gasteiger partial charge >= 0.3 is 0 Å². The summed E-state index contributed by atoms with van der Waals surface area (Å²) in [5.41, 5.74) is 9.29. The zero-order valence-electron chi connectivity index (χ0n) is 13.0. The second-order valence-corrected chi connectivity index (χ2v) is 6.63. The molecule has 0 atom stereocenters. The zero-order valence-corrected chi connectivity index (χ0v) is 13.8. The fourth-order valence-corrected chi connectivity index (χ4v) is 4.43. The summed E-state index contributed by atoms with van der Waals surface area (Å²) in [5.74, 6) is 0. The number of nitrogens with two attached hydrogens (primary N) is 1. The molecule has 0 aliphatic rings. The Morgan fingerprint density at radius 2 is 1.54 bits per heavy atom. The maximum Gasteiger partial charge on any atom is 0.0640 e. The highest BCUT2D eigenvalue weighted by molar-refractivity contribution is 7.26. The predicted molar refractivity (Wildman–Crippen MR) is 105 cm³/mol. The van der Waals surface area contributed by atoms with Crippen LogP contribution in [0.25, 0.3) is 31.3 Å². The van der Waals surface area contributed by atoms with Crippen molar-refractivity contribution in [1.29, 1.82) is 5.41 Å². The highest BCUT2D eigenvalue weighted by Gasteiger charge is 2.13. The van der Waals surface area contributed by atoms with Gasteiger partial charge in [-0.1, -0.05) is 66.7 Å². The molecule has 0 spiro atoms. The molecule has 3 aromatic carbocycles. The molecule has 0 saturated heterocycles. The number of benzene rings is 3. The normalized spacial score (nSPS) is 11.5. The minimum Gasteiger partial charge on any atom is -0.405 e. The molecule has 116 valence electrons. The lowest BCUT2D eigenvalue weighted by Gasteiger charge is -2.02. The van der Waals surface area contributed by atoms with Crippen LogP contribution in [0.5, 0.6) is 0 Å². The summed E-state index contributed by atoms with van der Waals surface area (Å²) < 4.78 is 2.40. The SMILES string of the molecule is N=C(/C=C\N)c1cccc2c1sc1c(-c3ccccc3)cccc12. The Hall–Kier alpha value is -2.91. The first-order valence-corrected chi connectivity index (χ1v) is 8.58. The number of rotatable bonds is 3. The molecule has 0 fully saturated rings. The second-order valence-electron chi connectivity index (χ2n) is 5.61. The quantitative estimate of drug-likeness (QED) is 0.475. The van der Waals surface area contributed by atoms with Gasteiger partial charge in [-0.15, -0.1) is 11.3 Å². The first-order chi connectivity index (χ1) is 11.8. The Morgan fingerprint density at radius 1 is 0.833 bits per heavy atom. The average molecular weight is 328 g/mol. The summed E-state index contributed by atoms with van der Waals surface area (Å²) >= 11 is 1.75. The van der Waals surface area contributed by atoms with Gasteiger partial charge < -0.3 is 11.1 Å². The van der Waals surface area contributed by atoms with E-state index in [4.69, 9.17) is 11.1 Å². The highest BCUT2D eigenvalue weighted by Crippen LogP contribution is 2.41. The van der Waals surface area contributed by atoms with Gasteiger partial charge in [0.05, 0.1) is 5.71 Å². The fourth-order valence-electron chi connectivity index (χ4n) is 3.06. The van der Waals surface area contributed by atoms with E-state index < -0.39 is 0 Å². The van der Waals surface area contributed by atoms with E-state index in [1.807, 2.05) is 18.2 Å². The van der Waals surface area contributed by atoms with Crippen molar-refractivity contribution in [1.82, 2.24) is 0 Å². The molecule has 0 aliphatic carbocycles. The second kappa shape index (κ2) is 5.95. The third-order valence-corrected chi connectivity index (χ3v) is 5.45. The molecule has 4 rings (SSSR count). The maximum atomic E-state index is 8.24. The zero-order chi connectivity index (χ0) is 16.5. The van der Waals surface area contributed by atoms with Gasteiger partial charge in [-0.2, -0.15) is 0 Å². The standard InChI is InChI=1S/C21H16N2S/c22-13-12-19(23)18-11-5-10-17-16-9-4-8-15(20(16)24-21(17)18)14-6-2-1-3-7-14/h1-13,23H,22H2/b13-12-,23-19?. The van der Waals surface area contributed by atoms with Gasteiger partial charge in [-0.25, -0.2) is 0 Å². The van der Waals surface area contributed by atoms with Gasteiger partial charge in [0.1, 0.15) is 0 Å². The Labute approximate surface area is 144 Å². The van der Waals surface area contributed by atoms with E-state index in [1.165, 1.54) is 32.8 Å². The minimum atomic E-state index is 0.441. The van der Waals surface area contributed by atoms with E-state index in [9.17, 15) is 0 Å². The van der Waals surface area contributed by atoms with E-state index in [1.54, 1.807) is 17.4 Å². The summed E-state index contributed by atoms with van der Waals surface area (Å²) in [6.45, 7) is 0. The van der Waals surface area contributed by atoms with Crippen LogP contribution in [0.2, 0.25) is 0 Å². The lowest BCUT2D eigenvalue weighted by atomic mass is 10.0. The van der Waals surface area contributed by atoms with Crippen molar-refractivity contribution in [3.8, 4) is 11.1 Å². The molecule has 24 heavy (non-hydrogen) atoms. The molecule has 0 saturated carbocycles. The van der Waals surface area contributed by atoms with Crippen LogP contribution < -0.4 is 5.73 Å². The van der Waals surface area contributed by atoms with Crippen molar-refractivity contribution in [3.05, 3.63) is 84.6 Å². The van der Waals surface area contributed by atoms with Crippen LogP contribution in [0.1, 0.15) is 5.56 Å². The van der Waals surface area contributed by atoms with Gasteiger partial charge in [0, 0.05) is 25.7 Å². The molecule has 2 nitrogen and oxygen atoms in total. The molecule has 0 bridgehead atoms. The minimum absolute atomic E-state index is 0.441. The first-order valence-electron chi connectivity index (χ1n) is 7.76. The van der Waals surface area contributed by atoms with Crippen molar-refractivity contribution in [2.75, 3.05) is 0 Å². The third kappa shape index (κ3) is 2.30. The molecule has 3 N–H and O–H groups in total.